The molecule has 0 fully saturated rings. The molecule has 0 saturated heterocycles. The molecule has 136 valence electrons. The van der Waals surface area contributed by atoms with Gasteiger partial charge in [0.2, 0.25) is 0 Å². The van der Waals surface area contributed by atoms with Crippen molar-refractivity contribution in [3.8, 4) is 17.0 Å². The number of halogens is 2. The maximum Gasteiger partial charge on any atom is 0.146 e. The predicted octanol–water partition coefficient (Wildman–Crippen LogP) is 3.53. The van der Waals surface area contributed by atoms with E-state index in [1.54, 1.807) is 6.07 Å². The topological polar surface area (TPSA) is 54.4 Å². The van der Waals surface area contributed by atoms with Gasteiger partial charge in [0, 0.05) is 24.2 Å². The summed E-state index contributed by atoms with van der Waals surface area (Å²) in [5, 5.41) is 12.5. The van der Waals surface area contributed by atoms with Gasteiger partial charge < -0.3 is 15.2 Å². The zero-order chi connectivity index (χ0) is 18.4. The van der Waals surface area contributed by atoms with E-state index in [0.29, 0.717) is 23.6 Å². The standard InChI is InChI=1S/C19H24F2N2O2/c1-4-25-15-8-13(7-14(20)9-15)17-6-5-16(21)18(23-17)10-22-19(11-24)12(2)3/h5-9,12,19,22,24H,4,10-11H2,1-3H3/t19-/m0/s1. The number of aromatic nitrogens is 1. The minimum atomic E-state index is -0.446. The molecule has 0 bridgehead atoms. The van der Waals surface area contributed by atoms with E-state index in [4.69, 9.17) is 4.74 Å². The number of hydrogen-bond acceptors (Lipinski definition) is 4. The molecule has 1 heterocycles. The number of aliphatic hydroxyl groups excluding tert-OH is 1. The van der Waals surface area contributed by atoms with Crippen LogP contribution in [0.4, 0.5) is 8.78 Å². The van der Waals surface area contributed by atoms with Crippen molar-refractivity contribution in [1.82, 2.24) is 10.3 Å². The Balaban J connectivity index is 2.26. The van der Waals surface area contributed by atoms with Crippen LogP contribution in [0.2, 0.25) is 0 Å². The fourth-order valence-electron chi connectivity index (χ4n) is 2.47. The molecule has 2 aromatic rings. The molecule has 1 aromatic carbocycles. The fourth-order valence-corrected chi connectivity index (χ4v) is 2.47. The molecular weight excluding hydrogens is 326 g/mol. The highest BCUT2D eigenvalue weighted by atomic mass is 19.1. The van der Waals surface area contributed by atoms with Crippen LogP contribution in [-0.2, 0) is 6.54 Å². The summed E-state index contributed by atoms with van der Waals surface area (Å²) < 4.78 is 33.2. The summed E-state index contributed by atoms with van der Waals surface area (Å²) in [6.07, 6.45) is 0. The number of nitrogens with zero attached hydrogens (tertiary/aromatic N) is 1. The molecule has 0 spiro atoms. The lowest BCUT2D eigenvalue weighted by molar-refractivity contribution is 0.209. The van der Waals surface area contributed by atoms with E-state index in [9.17, 15) is 13.9 Å². The Morgan fingerprint density at radius 3 is 2.60 bits per heavy atom. The fraction of sp³-hybridized carbons (Fsp3) is 0.421. The minimum absolute atomic E-state index is 0.0411. The monoisotopic (exact) mass is 350 g/mol. The van der Waals surface area contributed by atoms with Gasteiger partial charge in [0.15, 0.2) is 0 Å². The van der Waals surface area contributed by atoms with Crippen LogP contribution in [0.25, 0.3) is 11.3 Å². The minimum Gasteiger partial charge on any atom is -0.494 e. The number of nitrogens with one attached hydrogen (secondary N) is 1. The van der Waals surface area contributed by atoms with E-state index < -0.39 is 11.6 Å². The highest BCUT2D eigenvalue weighted by molar-refractivity contribution is 5.61. The highest BCUT2D eigenvalue weighted by Crippen LogP contribution is 2.25. The molecule has 0 aliphatic heterocycles. The third kappa shape index (κ3) is 5.21. The van der Waals surface area contributed by atoms with Crippen LogP contribution < -0.4 is 10.1 Å². The van der Waals surface area contributed by atoms with E-state index in [2.05, 4.69) is 10.3 Å². The summed E-state index contributed by atoms with van der Waals surface area (Å²) in [7, 11) is 0. The van der Waals surface area contributed by atoms with Gasteiger partial charge in [-0.15, -0.1) is 0 Å². The molecule has 25 heavy (non-hydrogen) atoms. The number of benzene rings is 1. The third-order valence-electron chi connectivity index (χ3n) is 3.93. The highest BCUT2D eigenvalue weighted by Gasteiger charge is 2.14. The smallest absolute Gasteiger partial charge is 0.146 e. The maximum absolute atomic E-state index is 14.1. The number of ether oxygens (including phenoxy) is 1. The lowest BCUT2D eigenvalue weighted by Gasteiger charge is -2.20. The first-order valence-corrected chi connectivity index (χ1v) is 8.38. The van der Waals surface area contributed by atoms with Crippen LogP contribution >= 0.6 is 0 Å². The normalized spacial score (nSPS) is 12.4. The number of pyridine rings is 1. The van der Waals surface area contributed by atoms with E-state index in [0.717, 1.165) is 0 Å². The number of aliphatic hydroxyl groups is 1. The van der Waals surface area contributed by atoms with Gasteiger partial charge in [0.1, 0.15) is 17.4 Å². The maximum atomic E-state index is 14.1. The van der Waals surface area contributed by atoms with Gasteiger partial charge in [-0.25, -0.2) is 13.8 Å². The average Bonchev–Trinajstić information content (AvgIpc) is 2.56. The number of hydrogen-bond donors (Lipinski definition) is 2. The largest absolute Gasteiger partial charge is 0.494 e. The first kappa shape index (κ1) is 19.3. The Labute approximate surface area is 146 Å². The van der Waals surface area contributed by atoms with Gasteiger partial charge in [-0.1, -0.05) is 13.8 Å². The summed E-state index contributed by atoms with van der Waals surface area (Å²) >= 11 is 0. The van der Waals surface area contributed by atoms with Gasteiger partial charge in [0.05, 0.1) is 24.6 Å². The molecule has 1 aromatic heterocycles. The molecular formula is C19H24F2N2O2. The zero-order valence-corrected chi connectivity index (χ0v) is 14.7. The molecule has 0 amide bonds. The van der Waals surface area contributed by atoms with E-state index in [1.165, 1.54) is 24.3 Å². The van der Waals surface area contributed by atoms with E-state index >= 15 is 0 Å². The van der Waals surface area contributed by atoms with E-state index in [-0.39, 0.29) is 30.8 Å². The second-order valence-electron chi connectivity index (χ2n) is 6.15. The lowest BCUT2D eigenvalue weighted by atomic mass is 10.1. The van der Waals surface area contributed by atoms with Crippen LogP contribution in [0.5, 0.6) is 5.75 Å². The van der Waals surface area contributed by atoms with Crippen LogP contribution in [-0.4, -0.2) is 29.3 Å². The molecule has 0 radical (unpaired) electrons. The van der Waals surface area contributed by atoms with Crippen molar-refractivity contribution in [2.45, 2.75) is 33.4 Å². The molecule has 2 N–H and O–H groups in total. The Hall–Kier alpha value is -2.05. The van der Waals surface area contributed by atoms with Gasteiger partial charge in [-0.3, -0.25) is 0 Å². The molecule has 1 atom stereocenters. The van der Waals surface area contributed by atoms with Gasteiger partial charge in [-0.05, 0) is 37.1 Å². The molecule has 0 aliphatic carbocycles. The summed E-state index contributed by atoms with van der Waals surface area (Å²) in [6, 6.07) is 6.99. The Morgan fingerprint density at radius 1 is 1.20 bits per heavy atom. The lowest BCUT2D eigenvalue weighted by Crippen LogP contribution is -2.36. The molecule has 0 aliphatic rings. The molecule has 0 unspecified atom stereocenters. The summed E-state index contributed by atoms with van der Waals surface area (Å²) in [5.74, 6) is -0.276. The molecule has 4 nitrogen and oxygen atoms in total. The van der Waals surface area contributed by atoms with Crippen LogP contribution in [0.15, 0.2) is 30.3 Å². The van der Waals surface area contributed by atoms with Gasteiger partial charge >= 0.3 is 0 Å². The Morgan fingerprint density at radius 2 is 1.96 bits per heavy atom. The van der Waals surface area contributed by atoms with Crippen molar-refractivity contribution in [3.63, 3.8) is 0 Å². The molecule has 0 saturated carbocycles. The van der Waals surface area contributed by atoms with Crippen molar-refractivity contribution in [3.05, 3.63) is 47.7 Å². The Bertz CT molecular complexity index is 708. The van der Waals surface area contributed by atoms with Crippen molar-refractivity contribution in [1.29, 1.82) is 0 Å². The second-order valence-corrected chi connectivity index (χ2v) is 6.15. The van der Waals surface area contributed by atoms with Crippen molar-refractivity contribution in [2.24, 2.45) is 5.92 Å². The van der Waals surface area contributed by atoms with Crippen LogP contribution in [0.3, 0.4) is 0 Å². The van der Waals surface area contributed by atoms with Gasteiger partial charge in [-0.2, -0.15) is 0 Å². The third-order valence-corrected chi connectivity index (χ3v) is 3.93. The van der Waals surface area contributed by atoms with Crippen molar-refractivity contribution >= 4 is 0 Å². The first-order valence-electron chi connectivity index (χ1n) is 8.38. The van der Waals surface area contributed by atoms with Gasteiger partial charge in [0.25, 0.3) is 0 Å². The summed E-state index contributed by atoms with van der Waals surface area (Å²) in [5.41, 5.74) is 1.20. The Kier molecular flexibility index (Phi) is 6.84. The average molecular weight is 350 g/mol. The summed E-state index contributed by atoms with van der Waals surface area (Å²) in [4.78, 5) is 4.31. The predicted molar refractivity (Wildman–Crippen MR) is 93.3 cm³/mol. The van der Waals surface area contributed by atoms with Crippen molar-refractivity contribution in [2.75, 3.05) is 13.2 Å². The quantitative estimate of drug-likeness (QED) is 0.765. The van der Waals surface area contributed by atoms with Crippen LogP contribution in [0, 0.1) is 17.6 Å². The zero-order valence-electron chi connectivity index (χ0n) is 14.7. The number of rotatable bonds is 8. The summed E-state index contributed by atoms with van der Waals surface area (Å²) in [6.45, 7) is 6.31. The van der Waals surface area contributed by atoms with Crippen LogP contribution in [0.1, 0.15) is 26.5 Å². The van der Waals surface area contributed by atoms with E-state index in [1.807, 2.05) is 20.8 Å². The molecule has 2 rings (SSSR count). The first-order chi connectivity index (χ1) is 11.9. The van der Waals surface area contributed by atoms with Crippen molar-refractivity contribution < 1.29 is 18.6 Å². The molecule has 6 heteroatoms. The SMILES string of the molecule is CCOc1cc(F)cc(-c2ccc(F)c(CN[C@@H](CO)C(C)C)n2)c1. The second kappa shape index (κ2) is 8.87.